The zero-order valence-corrected chi connectivity index (χ0v) is 36.5. The minimum atomic E-state index is -5.12. The molecule has 20 heteroatoms. The van der Waals surface area contributed by atoms with Gasteiger partial charge in [-0.1, -0.05) is 42.5 Å². The van der Waals surface area contributed by atoms with Crippen molar-refractivity contribution >= 4 is 35.1 Å². The first-order chi connectivity index (χ1) is 31.8. The van der Waals surface area contributed by atoms with Gasteiger partial charge in [-0.25, -0.2) is 18.4 Å². The summed E-state index contributed by atoms with van der Waals surface area (Å²) >= 11 is 0. The molecule has 3 heterocycles. The Bertz CT molecular complexity index is 2550. The van der Waals surface area contributed by atoms with Crippen LogP contribution in [-0.2, 0) is 24.1 Å². The largest absolute Gasteiger partial charge is 0.471 e. The van der Waals surface area contributed by atoms with Crippen molar-refractivity contribution < 1.29 is 58.7 Å². The summed E-state index contributed by atoms with van der Waals surface area (Å²) in [6.07, 6.45) is -4.17. The molecule has 0 atom stereocenters. The third kappa shape index (κ3) is 13.2. The number of carbonyl (C=O) groups excluding carboxylic acids is 4. The summed E-state index contributed by atoms with van der Waals surface area (Å²) in [6.45, 7) is 5.24. The Hall–Kier alpha value is -6.86. The van der Waals surface area contributed by atoms with E-state index in [1.807, 2.05) is 44.2 Å². The molecule has 1 aromatic heterocycles. The maximum Gasteiger partial charge on any atom is 0.471 e. The van der Waals surface area contributed by atoms with E-state index in [4.69, 9.17) is 0 Å². The van der Waals surface area contributed by atoms with Crippen LogP contribution in [0.5, 0.6) is 0 Å². The molecule has 0 bridgehead atoms. The average molecular weight is 942 g/mol. The van der Waals surface area contributed by atoms with E-state index < -0.39 is 54.0 Å². The summed E-state index contributed by atoms with van der Waals surface area (Å²) in [7, 11) is 0. The highest BCUT2D eigenvalue weighted by Crippen LogP contribution is 2.32. The lowest BCUT2D eigenvalue weighted by Crippen LogP contribution is -2.45. The van der Waals surface area contributed by atoms with Gasteiger partial charge in [-0.3, -0.25) is 19.4 Å². The average Bonchev–Trinajstić information content (AvgIpc) is 3.82. The van der Waals surface area contributed by atoms with Gasteiger partial charge in [0.1, 0.15) is 11.6 Å². The molecule has 0 unspecified atom stereocenters. The maximum absolute atomic E-state index is 15.0. The topological polar surface area (TPSA) is 132 Å². The van der Waals surface area contributed by atoms with E-state index in [1.54, 1.807) is 28.0 Å². The molecule has 2 saturated heterocycles. The summed E-state index contributed by atoms with van der Waals surface area (Å²) in [4.78, 5) is 56.1. The lowest BCUT2D eigenvalue weighted by atomic mass is 10.1. The molecule has 0 aliphatic carbocycles. The van der Waals surface area contributed by atoms with E-state index in [2.05, 4.69) is 14.6 Å². The molecule has 7 rings (SSSR count). The Kier molecular flexibility index (Phi) is 16.0. The summed E-state index contributed by atoms with van der Waals surface area (Å²) in [5, 5.41) is 7.79. The summed E-state index contributed by atoms with van der Waals surface area (Å²) in [5.74, 6) is -6.53. The monoisotopic (exact) mass is 941 g/mol. The van der Waals surface area contributed by atoms with Crippen molar-refractivity contribution in [2.24, 2.45) is 0 Å². The van der Waals surface area contributed by atoms with Crippen molar-refractivity contribution in [2.45, 2.75) is 77.8 Å². The Morgan fingerprint density at radius 3 is 1.57 bits per heavy atom. The zero-order chi connectivity index (χ0) is 48.5. The summed E-state index contributed by atoms with van der Waals surface area (Å²) in [5.41, 5.74) is 3.31. The number of Topliss-reactive ketones (excluding diaryl/α,β-unsaturated/α-hetero) is 1. The number of anilines is 2. The molecule has 0 radical (unpaired) electrons. The van der Waals surface area contributed by atoms with Gasteiger partial charge in [-0.2, -0.15) is 26.3 Å². The molecule has 67 heavy (non-hydrogen) atoms. The van der Waals surface area contributed by atoms with E-state index in [1.165, 1.54) is 39.4 Å². The molecular formula is C47H47F8N7O5. The van der Waals surface area contributed by atoms with Crippen molar-refractivity contribution in [2.75, 3.05) is 42.5 Å². The van der Waals surface area contributed by atoms with Crippen LogP contribution in [0, 0.1) is 25.5 Å². The van der Waals surface area contributed by atoms with Crippen LogP contribution in [0.4, 0.5) is 56.1 Å². The summed E-state index contributed by atoms with van der Waals surface area (Å²) in [6, 6.07) is 21.5. The van der Waals surface area contributed by atoms with Gasteiger partial charge in [-0.15, -0.1) is 10.2 Å². The second-order valence-corrected chi connectivity index (χ2v) is 16.1. The lowest BCUT2D eigenvalue weighted by molar-refractivity contribution is -0.173. The number of hydrogen-bond donors (Lipinski definition) is 1. The number of hydrogen-bond acceptors (Lipinski definition) is 7. The number of halogens is 8. The van der Waals surface area contributed by atoms with Gasteiger partial charge in [-0.05, 0) is 106 Å². The van der Waals surface area contributed by atoms with Gasteiger partial charge in [0.15, 0.2) is 5.78 Å². The molecule has 2 fully saturated rings. The van der Waals surface area contributed by atoms with Crippen LogP contribution >= 0.6 is 0 Å². The second-order valence-electron chi connectivity index (χ2n) is 16.1. The first kappa shape index (κ1) is 49.6. The predicted octanol–water partition coefficient (Wildman–Crippen LogP) is 10.4. The van der Waals surface area contributed by atoms with Crippen molar-refractivity contribution in [1.82, 2.24) is 25.3 Å². The number of likely N-dealkylation sites (tertiary alicyclic amines) is 2. The molecule has 4 aromatic carbocycles. The quantitative estimate of drug-likeness (QED) is 0.109. The van der Waals surface area contributed by atoms with E-state index in [9.17, 15) is 54.3 Å². The number of alkyl halides is 6. The smallest absolute Gasteiger partial charge is 0.413 e. The minimum Gasteiger partial charge on any atom is -0.413 e. The Labute approximate surface area is 380 Å². The molecule has 1 N–H and O–H groups in total. The number of carbonyl (C=O) groups is 4. The Balaban J connectivity index is 0.000000221. The highest BCUT2D eigenvalue weighted by Gasteiger charge is 2.39. The van der Waals surface area contributed by atoms with Crippen molar-refractivity contribution in [3.05, 3.63) is 130 Å². The molecule has 2 aliphatic rings. The van der Waals surface area contributed by atoms with E-state index in [-0.39, 0.29) is 47.4 Å². The zero-order valence-electron chi connectivity index (χ0n) is 36.5. The lowest BCUT2D eigenvalue weighted by Gasteiger charge is -2.33. The molecular weight excluding hydrogens is 895 g/mol. The number of piperidine rings is 2. The molecule has 5 amide bonds. The number of urea groups is 2. The number of nitrogens with one attached hydrogen (secondary N) is 1. The maximum atomic E-state index is 15.0. The van der Waals surface area contributed by atoms with Crippen LogP contribution in [0.3, 0.4) is 0 Å². The molecule has 0 saturated carbocycles. The fourth-order valence-corrected chi connectivity index (χ4v) is 7.46. The standard InChI is InChI=1S/C24H25F4N3O3.C23H22F4N4O2/c1-16-6-5-7-19(12-16)31(23(34)30-10-3-2-4-11-30)15-18-9-8-17(13-20(18)25)21(32)14-29-22(33)24(26,27)28;1-15-6-5-7-18(12-15)31(22(32)30-10-3-2-4-11-30)14-17-9-8-16(13-19(17)24)20-28-29-21(33-20)23(25,26)27/h5-9,12-13H,2-4,10-11,14-15H2,1H3,(H,29,33);5-9,12-13H,2-4,10-11,14H2,1H3. The van der Waals surface area contributed by atoms with Crippen LogP contribution < -0.4 is 15.1 Å². The highest BCUT2D eigenvalue weighted by atomic mass is 19.4. The normalized spacial score (nSPS) is 14.2. The predicted molar refractivity (Wildman–Crippen MR) is 231 cm³/mol. The molecule has 2 aliphatic heterocycles. The molecule has 5 aromatic rings. The van der Waals surface area contributed by atoms with Crippen molar-refractivity contribution in [1.29, 1.82) is 0 Å². The van der Waals surface area contributed by atoms with E-state index >= 15 is 0 Å². The number of rotatable bonds is 10. The SMILES string of the molecule is Cc1cccc(N(Cc2ccc(-c3nnc(C(F)(F)F)o3)cc2F)C(=O)N2CCCCC2)c1.Cc1cccc(N(Cc2ccc(C(=O)CNC(=O)C(F)(F)F)cc2F)C(=O)N2CCCCC2)c1. The first-order valence-electron chi connectivity index (χ1n) is 21.4. The van der Waals surface area contributed by atoms with Gasteiger partial charge in [0.05, 0.1) is 19.6 Å². The number of benzene rings is 4. The van der Waals surface area contributed by atoms with Crippen molar-refractivity contribution in [3.63, 3.8) is 0 Å². The molecule has 356 valence electrons. The molecule has 0 spiro atoms. The Morgan fingerprint density at radius 2 is 1.13 bits per heavy atom. The third-order valence-corrected chi connectivity index (χ3v) is 11.0. The van der Waals surface area contributed by atoms with Crippen LogP contribution in [-0.4, -0.2) is 82.6 Å². The fraction of sp³-hybridized carbons (Fsp3) is 0.362. The van der Waals surface area contributed by atoms with Crippen molar-refractivity contribution in [3.8, 4) is 11.5 Å². The molecule has 12 nitrogen and oxygen atoms in total. The van der Waals surface area contributed by atoms with E-state index in [0.717, 1.165) is 61.8 Å². The number of ketones is 1. The van der Waals surface area contributed by atoms with Gasteiger partial charge in [0, 0.05) is 59.8 Å². The number of aryl methyl sites for hydroxylation is 2. The highest BCUT2D eigenvalue weighted by molar-refractivity contribution is 6.00. The van der Waals surface area contributed by atoms with Crippen LogP contribution in [0.15, 0.2) is 89.3 Å². The second kappa shape index (κ2) is 21.6. The number of amides is 5. The van der Waals surface area contributed by atoms with Crippen LogP contribution in [0.25, 0.3) is 11.5 Å². The van der Waals surface area contributed by atoms with Gasteiger partial charge >= 0.3 is 36.2 Å². The first-order valence-corrected chi connectivity index (χ1v) is 21.4. The minimum absolute atomic E-state index is 0.0173. The Morgan fingerprint density at radius 1 is 0.642 bits per heavy atom. The van der Waals surface area contributed by atoms with Crippen LogP contribution in [0.2, 0.25) is 0 Å². The number of aromatic nitrogens is 2. The van der Waals surface area contributed by atoms with Gasteiger partial charge in [0.2, 0.25) is 5.89 Å². The number of nitrogens with zero attached hydrogens (tertiary/aromatic N) is 6. The third-order valence-electron chi connectivity index (χ3n) is 11.0. The van der Waals surface area contributed by atoms with Gasteiger partial charge < -0.3 is 19.5 Å². The fourth-order valence-electron chi connectivity index (χ4n) is 7.46. The van der Waals surface area contributed by atoms with E-state index in [0.29, 0.717) is 37.6 Å². The summed E-state index contributed by atoms with van der Waals surface area (Å²) < 4.78 is 109. The van der Waals surface area contributed by atoms with Crippen LogP contribution in [0.1, 0.15) is 77.0 Å². The van der Waals surface area contributed by atoms with Gasteiger partial charge in [0.25, 0.3) is 0 Å².